The zero-order valence-electron chi connectivity index (χ0n) is 9.18. The monoisotopic (exact) mass is 248 g/mol. The summed E-state index contributed by atoms with van der Waals surface area (Å²) in [6.07, 6.45) is 1.13. The van der Waals surface area contributed by atoms with Crippen molar-refractivity contribution >= 4 is 17.4 Å². The normalized spacial score (nSPS) is 12.1. The summed E-state index contributed by atoms with van der Waals surface area (Å²) in [5.74, 6) is 0.750. The van der Waals surface area contributed by atoms with E-state index in [1.165, 1.54) is 0 Å². The molecule has 1 aromatic heterocycles. The van der Waals surface area contributed by atoms with Crippen LogP contribution >= 0.6 is 11.6 Å². The first kappa shape index (κ1) is 11.9. The van der Waals surface area contributed by atoms with Gasteiger partial charge in [0.2, 0.25) is 0 Å². The molecule has 1 heterocycles. The second-order valence-corrected chi connectivity index (χ2v) is 4.10. The average Bonchev–Trinajstić information content (AvgIpc) is 2.38. The van der Waals surface area contributed by atoms with Crippen LogP contribution in [0.25, 0.3) is 0 Å². The Morgan fingerprint density at radius 1 is 1.18 bits per heavy atom. The first-order chi connectivity index (χ1) is 8.25. The van der Waals surface area contributed by atoms with Crippen LogP contribution in [0.3, 0.4) is 0 Å². The van der Waals surface area contributed by atoms with Crippen LogP contribution in [-0.2, 0) is 0 Å². The van der Waals surface area contributed by atoms with Gasteiger partial charge in [-0.15, -0.1) is 0 Å². The van der Waals surface area contributed by atoms with Gasteiger partial charge in [-0.3, -0.25) is 0 Å². The molecule has 1 atom stereocenters. The summed E-state index contributed by atoms with van der Waals surface area (Å²) in [7, 11) is 0. The minimum Gasteiger partial charge on any atom is -0.387 e. The van der Waals surface area contributed by atoms with Gasteiger partial charge < -0.3 is 10.4 Å². The van der Waals surface area contributed by atoms with Crippen LogP contribution in [0.4, 0.5) is 5.82 Å². The molecule has 2 aromatic rings. The molecule has 0 bridgehead atoms. The number of nitrogens with one attached hydrogen (secondary N) is 1. The van der Waals surface area contributed by atoms with E-state index >= 15 is 0 Å². The summed E-state index contributed by atoms with van der Waals surface area (Å²) in [6.45, 7) is 0.415. The number of nitrogens with zero attached hydrogens (tertiary/aromatic N) is 1. The molecule has 0 radical (unpaired) electrons. The third-order valence-electron chi connectivity index (χ3n) is 2.40. The van der Waals surface area contributed by atoms with E-state index in [0.717, 1.165) is 11.4 Å². The summed E-state index contributed by atoms with van der Waals surface area (Å²) >= 11 is 5.78. The maximum Gasteiger partial charge on any atom is 0.125 e. The van der Waals surface area contributed by atoms with Crippen molar-refractivity contribution in [2.24, 2.45) is 0 Å². The molecule has 0 fully saturated rings. The van der Waals surface area contributed by atoms with Gasteiger partial charge in [0.15, 0.2) is 0 Å². The van der Waals surface area contributed by atoms with Gasteiger partial charge in [-0.25, -0.2) is 4.98 Å². The second kappa shape index (κ2) is 5.66. The van der Waals surface area contributed by atoms with Crippen molar-refractivity contribution in [3.63, 3.8) is 0 Å². The molecule has 88 valence electrons. The molecule has 2 rings (SSSR count). The maximum absolute atomic E-state index is 9.94. The van der Waals surface area contributed by atoms with Gasteiger partial charge in [-0.1, -0.05) is 29.8 Å². The van der Waals surface area contributed by atoms with E-state index in [2.05, 4.69) is 10.3 Å². The molecule has 1 aromatic carbocycles. The fourth-order valence-electron chi connectivity index (χ4n) is 1.47. The second-order valence-electron chi connectivity index (χ2n) is 3.66. The van der Waals surface area contributed by atoms with Crippen LogP contribution in [-0.4, -0.2) is 16.6 Å². The molecule has 0 amide bonds. The number of hydrogen-bond acceptors (Lipinski definition) is 3. The van der Waals surface area contributed by atoms with E-state index in [-0.39, 0.29) is 0 Å². The number of halogens is 1. The molecule has 0 aliphatic heterocycles. The van der Waals surface area contributed by atoms with Crippen molar-refractivity contribution in [3.05, 3.63) is 59.2 Å². The van der Waals surface area contributed by atoms with Crippen LogP contribution in [0, 0.1) is 0 Å². The van der Waals surface area contributed by atoms with Crippen LogP contribution in [0.5, 0.6) is 0 Å². The van der Waals surface area contributed by atoms with E-state index < -0.39 is 6.10 Å². The number of aliphatic hydroxyl groups is 1. The minimum atomic E-state index is -0.575. The van der Waals surface area contributed by atoms with E-state index in [9.17, 15) is 5.11 Å². The Labute approximate surface area is 105 Å². The highest BCUT2D eigenvalue weighted by Crippen LogP contribution is 2.16. The molecule has 1 unspecified atom stereocenters. The highest BCUT2D eigenvalue weighted by Gasteiger charge is 2.06. The Morgan fingerprint density at radius 2 is 1.94 bits per heavy atom. The van der Waals surface area contributed by atoms with E-state index in [0.29, 0.717) is 11.6 Å². The number of hydrogen-bond donors (Lipinski definition) is 2. The SMILES string of the molecule is OC(CNc1ccccn1)c1ccc(Cl)cc1. The summed E-state index contributed by atoms with van der Waals surface area (Å²) in [5, 5.41) is 13.7. The van der Waals surface area contributed by atoms with Crippen molar-refractivity contribution in [3.8, 4) is 0 Å². The minimum absolute atomic E-state index is 0.415. The summed E-state index contributed by atoms with van der Waals surface area (Å²) in [6, 6.07) is 12.8. The lowest BCUT2D eigenvalue weighted by atomic mass is 10.1. The number of anilines is 1. The molecule has 17 heavy (non-hydrogen) atoms. The molecule has 3 nitrogen and oxygen atoms in total. The first-order valence-electron chi connectivity index (χ1n) is 5.34. The highest BCUT2D eigenvalue weighted by molar-refractivity contribution is 6.30. The van der Waals surface area contributed by atoms with Gasteiger partial charge in [-0.05, 0) is 29.8 Å². The predicted octanol–water partition coefficient (Wildman–Crippen LogP) is 2.88. The molecular weight excluding hydrogens is 236 g/mol. The van der Waals surface area contributed by atoms with Crippen LogP contribution < -0.4 is 5.32 Å². The molecule has 4 heteroatoms. The smallest absolute Gasteiger partial charge is 0.125 e. The fourth-order valence-corrected chi connectivity index (χ4v) is 1.60. The van der Waals surface area contributed by atoms with Gasteiger partial charge in [0.1, 0.15) is 5.82 Å². The lowest BCUT2D eigenvalue weighted by Gasteiger charge is -2.12. The zero-order valence-corrected chi connectivity index (χ0v) is 9.93. The van der Waals surface area contributed by atoms with Gasteiger partial charge in [0.25, 0.3) is 0 Å². The standard InChI is InChI=1S/C13H13ClN2O/c14-11-6-4-10(5-7-11)12(17)9-16-13-3-1-2-8-15-13/h1-8,12,17H,9H2,(H,15,16). The predicted molar refractivity (Wildman–Crippen MR) is 69.1 cm³/mol. The molecule has 0 saturated carbocycles. The average molecular weight is 249 g/mol. The van der Waals surface area contributed by atoms with E-state index in [1.807, 2.05) is 30.3 Å². The van der Waals surface area contributed by atoms with Gasteiger partial charge in [0.05, 0.1) is 6.10 Å². The van der Waals surface area contributed by atoms with Gasteiger partial charge in [0, 0.05) is 17.8 Å². The summed E-state index contributed by atoms with van der Waals surface area (Å²) < 4.78 is 0. The zero-order chi connectivity index (χ0) is 12.1. The number of aliphatic hydroxyl groups excluding tert-OH is 1. The molecule has 0 aliphatic carbocycles. The molecule has 0 spiro atoms. The number of aromatic nitrogens is 1. The number of rotatable bonds is 4. The Bertz CT molecular complexity index is 459. The lowest BCUT2D eigenvalue weighted by Crippen LogP contribution is -2.12. The summed E-state index contributed by atoms with van der Waals surface area (Å²) in [5.41, 5.74) is 0.831. The van der Waals surface area contributed by atoms with Crippen LogP contribution in [0.1, 0.15) is 11.7 Å². The molecule has 2 N–H and O–H groups in total. The van der Waals surface area contributed by atoms with Crippen LogP contribution in [0.2, 0.25) is 5.02 Å². The molecule has 0 aliphatic rings. The third kappa shape index (κ3) is 3.44. The van der Waals surface area contributed by atoms with Crippen molar-refractivity contribution in [1.29, 1.82) is 0 Å². The van der Waals surface area contributed by atoms with Crippen molar-refractivity contribution < 1.29 is 5.11 Å². The van der Waals surface area contributed by atoms with Crippen molar-refractivity contribution in [2.45, 2.75) is 6.10 Å². The van der Waals surface area contributed by atoms with Crippen molar-refractivity contribution in [2.75, 3.05) is 11.9 Å². The van der Waals surface area contributed by atoms with Crippen molar-refractivity contribution in [1.82, 2.24) is 4.98 Å². The largest absolute Gasteiger partial charge is 0.387 e. The molecular formula is C13H13ClN2O. The quantitative estimate of drug-likeness (QED) is 0.875. The third-order valence-corrected chi connectivity index (χ3v) is 2.65. The first-order valence-corrected chi connectivity index (χ1v) is 5.72. The highest BCUT2D eigenvalue weighted by atomic mass is 35.5. The van der Waals surface area contributed by atoms with E-state index in [4.69, 9.17) is 11.6 Å². The van der Waals surface area contributed by atoms with Gasteiger partial charge in [-0.2, -0.15) is 0 Å². The maximum atomic E-state index is 9.94. The molecule has 0 saturated heterocycles. The topological polar surface area (TPSA) is 45.1 Å². The Hall–Kier alpha value is -1.58. The Balaban J connectivity index is 1.93. The van der Waals surface area contributed by atoms with E-state index in [1.54, 1.807) is 18.3 Å². The fraction of sp³-hybridized carbons (Fsp3) is 0.154. The Morgan fingerprint density at radius 3 is 2.59 bits per heavy atom. The lowest BCUT2D eigenvalue weighted by molar-refractivity contribution is 0.191. The Kier molecular flexibility index (Phi) is 3.96. The van der Waals surface area contributed by atoms with Gasteiger partial charge >= 0.3 is 0 Å². The van der Waals surface area contributed by atoms with Crippen LogP contribution in [0.15, 0.2) is 48.7 Å². The number of pyridine rings is 1. The summed E-state index contributed by atoms with van der Waals surface area (Å²) in [4.78, 5) is 4.12. The number of benzene rings is 1.